The van der Waals surface area contributed by atoms with Crippen LogP contribution in [-0.4, -0.2) is 28.5 Å². The van der Waals surface area contributed by atoms with Crippen LogP contribution in [0.2, 0.25) is 0 Å². The smallest absolute Gasteiger partial charge is 0.325 e. The van der Waals surface area contributed by atoms with E-state index in [0.29, 0.717) is 17.2 Å². The molecule has 154 valence electrons. The Morgan fingerprint density at radius 3 is 2.70 bits per heavy atom. The minimum Gasteiger partial charge on any atom is -0.468 e. The van der Waals surface area contributed by atoms with Gasteiger partial charge in [-0.1, -0.05) is 26.0 Å². The Balaban J connectivity index is 1.86. The van der Waals surface area contributed by atoms with Gasteiger partial charge in [0.25, 0.3) is 11.5 Å². The number of esters is 1. The fraction of sp³-hybridized carbons (Fsp3) is 0.217. The Bertz CT molecular complexity index is 1140. The lowest BCUT2D eigenvalue weighted by atomic mass is 9.93. The topological polar surface area (TPSA) is 90.3 Å². The molecule has 0 bridgehead atoms. The number of methoxy groups -OCH3 is 1. The molecule has 0 aliphatic carbocycles. The third kappa shape index (κ3) is 4.81. The van der Waals surface area contributed by atoms with Crippen molar-refractivity contribution in [1.82, 2.24) is 9.55 Å². The summed E-state index contributed by atoms with van der Waals surface area (Å²) in [7, 11) is 1.25. The van der Waals surface area contributed by atoms with Crippen molar-refractivity contribution in [3.8, 4) is 11.1 Å². The van der Waals surface area contributed by atoms with E-state index in [0.717, 1.165) is 16.7 Å². The quantitative estimate of drug-likeness (QED) is 0.634. The summed E-state index contributed by atoms with van der Waals surface area (Å²) in [6, 6.07) is 12.1. The number of carbonyl (C=O) groups excluding carboxylic acids is 2. The second-order valence-corrected chi connectivity index (χ2v) is 7.11. The molecule has 7 nitrogen and oxygen atoms in total. The Labute approximate surface area is 174 Å². The van der Waals surface area contributed by atoms with Crippen LogP contribution < -0.4 is 10.9 Å². The van der Waals surface area contributed by atoms with Crippen LogP contribution in [0.15, 0.2) is 65.8 Å². The number of anilines is 1. The molecule has 0 spiro atoms. The molecule has 30 heavy (non-hydrogen) atoms. The number of nitrogens with zero attached hydrogens (tertiary/aromatic N) is 2. The molecule has 0 fully saturated rings. The van der Waals surface area contributed by atoms with Gasteiger partial charge in [-0.25, -0.2) is 0 Å². The normalized spacial score (nSPS) is 10.7. The summed E-state index contributed by atoms with van der Waals surface area (Å²) in [4.78, 5) is 40.4. The number of amides is 1. The van der Waals surface area contributed by atoms with E-state index >= 15 is 0 Å². The van der Waals surface area contributed by atoms with Gasteiger partial charge in [-0.15, -0.1) is 0 Å². The van der Waals surface area contributed by atoms with Crippen LogP contribution >= 0.6 is 0 Å². The van der Waals surface area contributed by atoms with Crippen LogP contribution in [0.5, 0.6) is 0 Å². The number of hydrogen-bond donors (Lipinski definition) is 1. The highest BCUT2D eigenvalue weighted by Gasteiger charge is 2.13. The van der Waals surface area contributed by atoms with Gasteiger partial charge in [0, 0.05) is 35.8 Å². The number of ether oxygens (including phenoxy) is 1. The maximum absolute atomic E-state index is 12.8. The molecule has 0 aliphatic rings. The molecule has 1 amide bonds. The first kappa shape index (κ1) is 21.0. The van der Waals surface area contributed by atoms with Gasteiger partial charge in [0.05, 0.1) is 12.8 Å². The van der Waals surface area contributed by atoms with Crippen molar-refractivity contribution in [1.29, 1.82) is 0 Å². The lowest BCUT2D eigenvalue weighted by molar-refractivity contribution is -0.141. The Morgan fingerprint density at radius 1 is 1.17 bits per heavy atom. The summed E-state index contributed by atoms with van der Waals surface area (Å²) in [5, 5.41) is 2.77. The lowest BCUT2D eigenvalue weighted by Crippen LogP contribution is -2.24. The zero-order chi connectivity index (χ0) is 21.7. The maximum Gasteiger partial charge on any atom is 0.325 e. The predicted octanol–water partition coefficient (Wildman–Crippen LogP) is 3.46. The van der Waals surface area contributed by atoms with Crippen molar-refractivity contribution >= 4 is 17.6 Å². The first-order valence-corrected chi connectivity index (χ1v) is 9.52. The van der Waals surface area contributed by atoms with Gasteiger partial charge in [-0.2, -0.15) is 0 Å². The van der Waals surface area contributed by atoms with Crippen LogP contribution in [0.1, 0.15) is 35.7 Å². The summed E-state index contributed by atoms with van der Waals surface area (Å²) in [6.07, 6.45) is 4.98. The third-order valence-electron chi connectivity index (χ3n) is 4.68. The Hall–Kier alpha value is -3.74. The lowest BCUT2D eigenvalue weighted by Gasteiger charge is -2.13. The molecule has 1 N–H and O–H groups in total. The number of rotatable bonds is 6. The van der Waals surface area contributed by atoms with Gasteiger partial charge in [0.1, 0.15) is 6.54 Å². The molecular formula is C23H23N3O4. The molecule has 0 unspecified atom stereocenters. The van der Waals surface area contributed by atoms with Crippen molar-refractivity contribution in [2.45, 2.75) is 26.3 Å². The van der Waals surface area contributed by atoms with Crippen molar-refractivity contribution in [2.24, 2.45) is 0 Å². The largest absolute Gasteiger partial charge is 0.468 e. The molecule has 3 aromatic rings. The average molecular weight is 405 g/mol. The fourth-order valence-corrected chi connectivity index (χ4v) is 3.11. The summed E-state index contributed by atoms with van der Waals surface area (Å²) in [5.74, 6) is -0.558. The summed E-state index contributed by atoms with van der Waals surface area (Å²) in [5.41, 5.74) is 3.54. The van der Waals surface area contributed by atoms with Gasteiger partial charge in [0.2, 0.25) is 0 Å². The average Bonchev–Trinajstić information content (AvgIpc) is 2.76. The zero-order valence-electron chi connectivity index (χ0n) is 17.1. The number of nitrogens with one attached hydrogen (secondary N) is 1. The molecule has 0 atom stereocenters. The van der Waals surface area contributed by atoms with Crippen LogP contribution in [0.25, 0.3) is 11.1 Å². The molecule has 2 heterocycles. The number of aromatic nitrogens is 2. The van der Waals surface area contributed by atoms with Crippen LogP contribution in [-0.2, 0) is 16.1 Å². The molecule has 2 aromatic heterocycles. The van der Waals surface area contributed by atoms with Crippen molar-refractivity contribution in [3.63, 3.8) is 0 Å². The number of hydrogen-bond acceptors (Lipinski definition) is 5. The molecule has 0 saturated carbocycles. The summed E-state index contributed by atoms with van der Waals surface area (Å²) in [6.45, 7) is 3.99. The minimum absolute atomic E-state index is 0.229. The number of benzene rings is 1. The fourth-order valence-electron chi connectivity index (χ4n) is 3.11. The standard InChI is InChI=1S/C23H23N3O4/c1-15(2)19-9-10-24-12-20(19)16-5-4-6-17(11-16)23(29)25-18-7-8-21(27)26(13-18)14-22(28)30-3/h4-13,15H,14H2,1-3H3,(H,25,29). The molecule has 3 rings (SSSR count). The predicted molar refractivity (Wildman–Crippen MR) is 114 cm³/mol. The zero-order valence-corrected chi connectivity index (χ0v) is 17.1. The number of pyridine rings is 2. The van der Waals surface area contributed by atoms with E-state index in [1.807, 2.05) is 24.3 Å². The van der Waals surface area contributed by atoms with Crippen molar-refractivity contribution < 1.29 is 14.3 Å². The molecular weight excluding hydrogens is 382 g/mol. The van der Waals surface area contributed by atoms with Gasteiger partial charge >= 0.3 is 5.97 Å². The van der Waals surface area contributed by atoms with Gasteiger partial charge in [0.15, 0.2) is 0 Å². The highest BCUT2D eigenvalue weighted by Crippen LogP contribution is 2.28. The molecule has 7 heteroatoms. The first-order chi connectivity index (χ1) is 14.4. The molecule has 0 aliphatic heterocycles. The second-order valence-electron chi connectivity index (χ2n) is 7.11. The van der Waals surface area contributed by atoms with Crippen LogP contribution in [0.3, 0.4) is 0 Å². The Morgan fingerprint density at radius 2 is 1.97 bits per heavy atom. The minimum atomic E-state index is -0.550. The highest BCUT2D eigenvalue weighted by atomic mass is 16.5. The van der Waals surface area contributed by atoms with E-state index in [1.54, 1.807) is 18.5 Å². The van der Waals surface area contributed by atoms with Crippen molar-refractivity contribution in [3.05, 3.63) is 82.5 Å². The van der Waals surface area contributed by atoms with E-state index in [9.17, 15) is 14.4 Å². The summed E-state index contributed by atoms with van der Waals surface area (Å²) < 4.78 is 5.77. The Kier molecular flexibility index (Phi) is 6.41. The third-order valence-corrected chi connectivity index (χ3v) is 4.68. The van der Waals surface area contributed by atoms with E-state index < -0.39 is 5.97 Å². The summed E-state index contributed by atoms with van der Waals surface area (Å²) >= 11 is 0. The highest BCUT2D eigenvalue weighted by molar-refractivity contribution is 6.04. The van der Waals surface area contributed by atoms with E-state index in [-0.39, 0.29) is 18.0 Å². The van der Waals surface area contributed by atoms with E-state index in [1.165, 1.54) is 30.0 Å². The molecule has 0 saturated heterocycles. The van der Waals surface area contributed by atoms with Crippen molar-refractivity contribution in [2.75, 3.05) is 12.4 Å². The maximum atomic E-state index is 12.8. The van der Waals surface area contributed by atoms with E-state index in [2.05, 4.69) is 28.9 Å². The first-order valence-electron chi connectivity index (χ1n) is 9.52. The van der Waals surface area contributed by atoms with E-state index in [4.69, 9.17) is 0 Å². The van der Waals surface area contributed by atoms with Crippen LogP contribution in [0.4, 0.5) is 5.69 Å². The van der Waals surface area contributed by atoms with Gasteiger partial charge < -0.3 is 14.6 Å². The van der Waals surface area contributed by atoms with Crippen LogP contribution in [0, 0.1) is 0 Å². The van der Waals surface area contributed by atoms with Gasteiger partial charge in [-0.3, -0.25) is 19.4 Å². The molecule has 0 radical (unpaired) electrons. The van der Waals surface area contributed by atoms with Gasteiger partial charge in [-0.05, 0) is 41.3 Å². The number of carbonyl (C=O) groups is 2. The second kappa shape index (κ2) is 9.17. The molecule has 1 aromatic carbocycles. The SMILES string of the molecule is COC(=O)Cn1cc(NC(=O)c2cccc(-c3cnccc3C(C)C)c2)ccc1=O. The monoisotopic (exact) mass is 405 g/mol.